The Hall–Kier alpha value is -11.7. The van der Waals surface area contributed by atoms with E-state index in [1.54, 1.807) is 0 Å². The van der Waals surface area contributed by atoms with Crippen molar-refractivity contribution in [2.24, 2.45) is 11.8 Å². The van der Waals surface area contributed by atoms with Gasteiger partial charge in [-0.05, 0) is 283 Å². The molecule has 0 nitrogen and oxygen atoms in total. The molecule has 21 rings (SSSR count). The number of rotatable bonds is 6. The maximum absolute atomic E-state index is 2.49. The van der Waals surface area contributed by atoms with Crippen LogP contribution in [0.1, 0.15) is 111 Å². The van der Waals surface area contributed by atoms with E-state index in [4.69, 9.17) is 0 Å². The molecule has 0 N–H and O–H groups in total. The van der Waals surface area contributed by atoms with Crippen molar-refractivity contribution in [1.82, 2.24) is 0 Å². The summed E-state index contributed by atoms with van der Waals surface area (Å²) in [5, 5.41) is 26.9. The van der Waals surface area contributed by atoms with Crippen LogP contribution in [0, 0.1) is 11.8 Å². The van der Waals surface area contributed by atoms with E-state index in [-0.39, 0.29) is 21.7 Å². The summed E-state index contributed by atoms with van der Waals surface area (Å²) in [6, 6.07) is 95.5. The van der Waals surface area contributed by atoms with Gasteiger partial charge < -0.3 is 0 Å². The third-order valence-electron chi connectivity index (χ3n) is 24.7. The van der Waals surface area contributed by atoms with E-state index < -0.39 is 0 Å². The topological polar surface area (TPSA) is 0 Å². The summed E-state index contributed by atoms with van der Waals surface area (Å²) in [6.45, 7) is 28.0. The molecule has 0 heterocycles. The van der Waals surface area contributed by atoms with E-state index in [9.17, 15) is 0 Å². The summed E-state index contributed by atoms with van der Waals surface area (Å²) in [6.07, 6.45) is 20.8. The minimum atomic E-state index is 0.0830. The van der Waals surface area contributed by atoms with Gasteiger partial charge in [-0.25, -0.2) is 0 Å². The molecular formula is C108H88. The maximum Gasteiger partial charge on any atom is 0.0205 e. The molecule has 0 spiro atoms. The number of fused-ring (bicyclic) bond motifs is 2. The molecule has 0 aliphatic heterocycles. The molecule has 0 saturated carbocycles. The number of hydrogen-bond acceptors (Lipinski definition) is 0. The Kier molecular flexibility index (Phi) is 14.6. The fourth-order valence-electron chi connectivity index (χ4n) is 18.7. The molecule has 0 radical (unpaired) electrons. The largest absolute Gasteiger partial charge is 0.0617 e. The van der Waals surface area contributed by atoms with E-state index in [2.05, 4.69) is 386 Å². The fourth-order valence-corrected chi connectivity index (χ4v) is 18.7. The van der Waals surface area contributed by atoms with Gasteiger partial charge in [-0.1, -0.05) is 344 Å². The average molecular weight is 1390 g/mol. The van der Waals surface area contributed by atoms with Crippen molar-refractivity contribution in [2.75, 3.05) is 0 Å². The molecule has 0 heteroatoms. The van der Waals surface area contributed by atoms with Gasteiger partial charge in [0.05, 0.1) is 0 Å². The number of hydrogen-bond donors (Lipinski definition) is 0. The third-order valence-corrected chi connectivity index (χ3v) is 24.7. The van der Waals surface area contributed by atoms with Crippen molar-refractivity contribution >= 4 is 113 Å². The first-order valence-corrected chi connectivity index (χ1v) is 39.0. The second-order valence-electron chi connectivity index (χ2n) is 35.6. The molecule has 4 aliphatic rings. The van der Waals surface area contributed by atoms with Gasteiger partial charge in [-0.2, -0.15) is 0 Å². The monoisotopic (exact) mass is 1380 g/mol. The first-order valence-electron chi connectivity index (χ1n) is 39.0. The molecule has 0 fully saturated rings. The normalized spacial score (nSPS) is 16.0. The quantitative estimate of drug-likeness (QED) is 0.115. The first-order chi connectivity index (χ1) is 52.0. The Morgan fingerprint density at radius 3 is 0.926 bits per heavy atom. The molecule has 0 aromatic heterocycles. The van der Waals surface area contributed by atoms with Gasteiger partial charge >= 0.3 is 0 Å². The second kappa shape index (κ2) is 23.9. The van der Waals surface area contributed by atoms with Crippen molar-refractivity contribution in [1.29, 1.82) is 0 Å². The maximum atomic E-state index is 2.49. The predicted molar refractivity (Wildman–Crippen MR) is 469 cm³/mol. The lowest BCUT2D eigenvalue weighted by atomic mass is 9.63. The van der Waals surface area contributed by atoms with Gasteiger partial charge in [0.1, 0.15) is 0 Å². The summed E-state index contributed by atoms with van der Waals surface area (Å²) < 4.78 is 0. The van der Waals surface area contributed by atoms with Crippen LogP contribution in [0.2, 0.25) is 0 Å². The lowest BCUT2D eigenvalue weighted by Gasteiger charge is -2.40. The Balaban J connectivity index is 0.000000180. The Labute approximate surface area is 634 Å². The molecule has 0 saturated heterocycles. The third kappa shape index (κ3) is 10.7. The van der Waals surface area contributed by atoms with E-state index >= 15 is 0 Å². The summed E-state index contributed by atoms with van der Waals surface area (Å²) >= 11 is 0. The highest BCUT2D eigenvalue weighted by Crippen LogP contribution is 2.53. The van der Waals surface area contributed by atoms with Crippen molar-refractivity contribution in [2.45, 2.75) is 105 Å². The Morgan fingerprint density at radius 1 is 0.213 bits per heavy atom. The summed E-state index contributed by atoms with van der Waals surface area (Å²) in [5.74, 6) is 0.741. The molecule has 0 bridgehead atoms. The second-order valence-corrected chi connectivity index (χ2v) is 35.6. The highest BCUT2D eigenvalue weighted by atomic mass is 14.4. The summed E-state index contributed by atoms with van der Waals surface area (Å²) in [7, 11) is 0. The summed E-state index contributed by atoms with van der Waals surface area (Å²) in [4.78, 5) is 0. The zero-order valence-electron chi connectivity index (χ0n) is 64.0. The van der Waals surface area contributed by atoms with E-state index in [0.29, 0.717) is 11.8 Å². The highest BCUT2D eigenvalue weighted by Gasteiger charge is 2.39. The lowest BCUT2D eigenvalue weighted by Crippen LogP contribution is -2.29. The van der Waals surface area contributed by atoms with Gasteiger partial charge in [0, 0.05) is 11.8 Å². The molecule has 17 aromatic carbocycles. The predicted octanol–water partition coefficient (Wildman–Crippen LogP) is 30.2. The summed E-state index contributed by atoms with van der Waals surface area (Å²) in [5.41, 5.74) is 26.3. The molecular weight excluding hydrogens is 1300 g/mol. The van der Waals surface area contributed by atoms with Crippen LogP contribution < -0.4 is 0 Å². The molecule has 2 atom stereocenters. The molecule has 520 valence electrons. The minimum Gasteiger partial charge on any atom is -0.0617 e. The average Bonchev–Trinajstić information content (AvgIpc) is 0.704. The standard InChI is InChI=1S/C72H44.C36H44/c1-4-49-22-25-55-28-34-61(64-37-31-52(7-1)67(49)70(55)64)46-16-10-43(11-17-46)58-40-59(44-12-18-47(19-13-44)62-35-29-56-26-23-50-5-2-8-53-32-38-65(62)71(56)68(50)53)42-60(41-58)45-14-20-48(21-15-45)63-36-30-57-27-24-51-6-3-9-54-33-39-66(63)72(57)69(51)54;1-33(2,3)23-13-21-14-24(34(4,5)6)19-29-30-20-26(36(10,11)12)16-22-15-25(35(7,8)9)18-28(32(22)30)27(17-23)31(21)29/h1-42,67,70H;13-20H,1-12H3. The Morgan fingerprint density at radius 2 is 0.537 bits per heavy atom. The van der Waals surface area contributed by atoms with Gasteiger partial charge in [0.25, 0.3) is 0 Å². The van der Waals surface area contributed by atoms with Crippen LogP contribution in [0.5, 0.6) is 0 Å². The SMILES string of the molecule is C1=CC2=CC=C3C=CC(c4ccc(-c5cc(-c6ccc(-c7ccc8ccc9cccc%10ccc7c8c9%10)cc6)cc(-c6ccc(-c7ccc8ccc9cccc%10ccc7c8c9%10)cc6)c5)cc4)=C4C=CC(=C1)C2C34.CC(C)(C)c1cc2cc(C(C)(C)C)cc3c4cc(C(C)(C)C)cc5cc(C(C)(C)C)cc(c(c1)c23)c54. The zero-order chi connectivity index (χ0) is 73.6. The smallest absolute Gasteiger partial charge is 0.0205 e. The molecule has 17 aromatic rings. The van der Waals surface area contributed by atoms with Crippen molar-refractivity contribution < 1.29 is 0 Å². The number of benzene rings is 17. The highest BCUT2D eigenvalue weighted by molar-refractivity contribution is 6.34. The van der Waals surface area contributed by atoms with Crippen LogP contribution >= 0.6 is 0 Å². The van der Waals surface area contributed by atoms with Crippen LogP contribution in [0.15, 0.2) is 326 Å². The van der Waals surface area contributed by atoms with Gasteiger partial charge in [0.15, 0.2) is 0 Å². The first kappa shape index (κ1) is 65.8. The van der Waals surface area contributed by atoms with Gasteiger partial charge in [-0.15, -0.1) is 0 Å². The van der Waals surface area contributed by atoms with Crippen molar-refractivity contribution in [3.63, 3.8) is 0 Å². The van der Waals surface area contributed by atoms with Crippen LogP contribution in [0.25, 0.3) is 169 Å². The van der Waals surface area contributed by atoms with Gasteiger partial charge in [-0.3, -0.25) is 0 Å². The zero-order valence-corrected chi connectivity index (χ0v) is 64.0. The molecule has 2 unspecified atom stereocenters. The molecule has 108 heavy (non-hydrogen) atoms. The Bertz CT molecular complexity index is 6390. The molecule has 4 aliphatic carbocycles. The van der Waals surface area contributed by atoms with Crippen LogP contribution in [-0.4, -0.2) is 0 Å². The van der Waals surface area contributed by atoms with Crippen molar-refractivity contribution in [3.8, 4) is 55.6 Å². The van der Waals surface area contributed by atoms with E-state index in [1.165, 1.54) is 219 Å². The lowest BCUT2D eigenvalue weighted by molar-refractivity contribution is 0.566. The fraction of sp³-hybridized carbons (Fsp3) is 0.167. The van der Waals surface area contributed by atoms with Crippen molar-refractivity contribution in [3.05, 3.63) is 354 Å². The van der Waals surface area contributed by atoms with Crippen LogP contribution in [0.4, 0.5) is 0 Å². The van der Waals surface area contributed by atoms with Gasteiger partial charge in [0.2, 0.25) is 0 Å². The van der Waals surface area contributed by atoms with E-state index in [0.717, 1.165) is 0 Å². The minimum absolute atomic E-state index is 0.0830. The van der Waals surface area contributed by atoms with Crippen LogP contribution in [0.3, 0.4) is 0 Å². The van der Waals surface area contributed by atoms with E-state index in [1.807, 2.05) is 0 Å². The number of allylic oxidation sites excluding steroid dienone is 14. The molecule has 0 amide bonds. The van der Waals surface area contributed by atoms with Crippen LogP contribution in [-0.2, 0) is 21.7 Å².